The molecule has 0 saturated carbocycles. The van der Waals surface area contributed by atoms with E-state index in [1.165, 1.54) is 5.56 Å². The van der Waals surface area contributed by atoms with Gasteiger partial charge in [0.05, 0.1) is 12.7 Å². The van der Waals surface area contributed by atoms with Gasteiger partial charge in [-0.15, -0.1) is 0 Å². The Kier molecular flexibility index (Phi) is 7.12. The van der Waals surface area contributed by atoms with Crippen molar-refractivity contribution in [3.63, 3.8) is 0 Å². The van der Waals surface area contributed by atoms with Crippen molar-refractivity contribution in [3.8, 4) is 0 Å². The highest BCUT2D eigenvalue weighted by molar-refractivity contribution is 5.87. The van der Waals surface area contributed by atoms with Crippen LogP contribution in [0.15, 0.2) is 42.5 Å². The zero-order valence-electron chi connectivity index (χ0n) is 12.1. The van der Waals surface area contributed by atoms with E-state index in [0.29, 0.717) is 12.5 Å². The zero-order valence-corrected chi connectivity index (χ0v) is 12.1. The fourth-order valence-corrected chi connectivity index (χ4v) is 1.87. The van der Waals surface area contributed by atoms with Crippen molar-refractivity contribution in [1.29, 1.82) is 0 Å². The van der Waals surface area contributed by atoms with Gasteiger partial charge in [0.2, 0.25) is 0 Å². The summed E-state index contributed by atoms with van der Waals surface area (Å²) >= 11 is 0. The normalized spacial score (nSPS) is 14.5. The number of ether oxygens (including phenoxy) is 1. The van der Waals surface area contributed by atoms with Crippen molar-refractivity contribution in [2.24, 2.45) is 5.92 Å². The van der Waals surface area contributed by atoms with Gasteiger partial charge in [-0.05, 0) is 30.9 Å². The van der Waals surface area contributed by atoms with Crippen LogP contribution in [0.2, 0.25) is 0 Å². The van der Waals surface area contributed by atoms with Crippen molar-refractivity contribution < 1.29 is 9.53 Å². The van der Waals surface area contributed by atoms with Crippen LogP contribution >= 0.6 is 0 Å². The number of carbonyl (C=O) groups is 1. The molecule has 0 N–H and O–H groups in total. The van der Waals surface area contributed by atoms with Crippen LogP contribution < -0.4 is 0 Å². The van der Waals surface area contributed by atoms with E-state index in [1.807, 2.05) is 24.3 Å². The fraction of sp³-hybridized carbons (Fsp3) is 0.471. The maximum absolute atomic E-state index is 10.9. The van der Waals surface area contributed by atoms with E-state index in [-0.39, 0.29) is 11.9 Å². The number of carbonyl (C=O) groups excluding carboxylic acids is 1. The second-order valence-corrected chi connectivity index (χ2v) is 4.97. The molecule has 0 fully saturated rings. The van der Waals surface area contributed by atoms with Crippen molar-refractivity contribution >= 4 is 5.78 Å². The monoisotopic (exact) mass is 260 g/mol. The first-order chi connectivity index (χ1) is 9.13. The van der Waals surface area contributed by atoms with E-state index in [9.17, 15) is 4.79 Å². The third-order valence-corrected chi connectivity index (χ3v) is 3.31. The van der Waals surface area contributed by atoms with Crippen LogP contribution in [-0.4, -0.2) is 11.9 Å². The second-order valence-electron chi connectivity index (χ2n) is 4.97. The summed E-state index contributed by atoms with van der Waals surface area (Å²) < 4.78 is 6.00. The molecule has 0 amide bonds. The van der Waals surface area contributed by atoms with Crippen molar-refractivity contribution in [2.75, 3.05) is 0 Å². The van der Waals surface area contributed by atoms with E-state index in [2.05, 4.69) is 26.0 Å². The number of allylic oxidation sites excluding steroid dienone is 1. The third kappa shape index (κ3) is 6.35. The van der Waals surface area contributed by atoms with Gasteiger partial charge in [0, 0.05) is 0 Å². The Hall–Kier alpha value is -1.41. The molecule has 0 bridgehead atoms. The van der Waals surface area contributed by atoms with Crippen LogP contribution in [0.3, 0.4) is 0 Å². The molecular formula is C17H24O2. The summed E-state index contributed by atoms with van der Waals surface area (Å²) in [6.45, 7) is 6.55. The zero-order chi connectivity index (χ0) is 14.1. The molecule has 0 heterocycles. The molecule has 0 aliphatic heterocycles. The van der Waals surface area contributed by atoms with Crippen LogP contribution in [0, 0.1) is 5.92 Å². The van der Waals surface area contributed by atoms with Gasteiger partial charge in [-0.25, -0.2) is 0 Å². The average molecular weight is 260 g/mol. The van der Waals surface area contributed by atoms with E-state index in [0.717, 1.165) is 12.8 Å². The molecule has 1 aromatic carbocycles. The first-order valence-electron chi connectivity index (χ1n) is 6.96. The summed E-state index contributed by atoms with van der Waals surface area (Å²) in [5, 5.41) is 0. The number of hydrogen-bond acceptors (Lipinski definition) is 2. The number of hydrogen-bond donors (Lipinski definition) is 0. The van der Waals surface area contributed by atoms with Gasteiger partial charge in [-0.3, -0.25) is 4.79 Å². The lowest BCUT2D eigenvalue weighted by atomic mass is 9.98. The summed E-state index contributed by atoms with van der Waals surface area (Å²) in [6.07, 6.45) is 5.58. The molecule has 1 aromatic rings. The quantitative estimate of drug-likeness (QED) is 0.656. The van der Waals surface area contributed by atoms with Gasteiger partial charge >= 0.3 is 0 Å². The molecule has 2 atom stereocenters. The molecule has 0 radical (unpaired) electrons. The van der Waals surface area contributed by atoms with Crippen molar-refractivity contribution in [1.82, 2.24) is 0 Å². The van der Waals surface area contributed by atoms with Gasteiger partial charge in [0.1, 0.15) is 0 Å². The minimum atomic E-state index is 0.0889. The van der Waals surface area contributed by atoms with Gasteiger partial charge in [0.15, 0.2) is 5.78 Å². The SMILES string of the molecule is CC[C@H](C)[C@H](C/C=C/C(C)=O)OCc1ccccc1. The Morgan fingerprint density at radius 2 is 2.00 bits per heavy atom. The van der Waals surface area contributed by atoms with Crippen LogP contribution in [0.1, 0.15) is 39.2 Å². The highest BCUT2D eigenvalue weighted by Crippen LogP contribution is 2.17. The summed E-state index contributed by atoms with van der Waals surface area (Å²) in [5.41, 5.74) is 1.19. The highest BCUT2D eigenvalue weighted by atomic mass is 16.5. The smallest absolute Gasteiger partial charge is 0.152 e. The summed E-state index contributed by atoms with van der Waals surface area (Å²) in [4.78, 5) is 10.9. The predicted octanol–water partition coefficient (Wildman–Crippen LogP) is 4.15. The van der Waals surface area contributed by atoms with Crippen LogP contribution in [0.5, 0.6) is 0 Å². The van der Waals surface area contributed by atoms with Crippen LogP contribution in [-0.2, 0) is 16.1 Å². The predicted molar refractivity (Wildman–Crippen MR) is 78.9 cm³/mol. The Morgan fingerprint density at radius 1 is 1.32 bits per heavy atom. The molecule has 0 spiro atoms. The molecule has 104 valence electrons. The van der Waals surface area contributed by atoms with Gasteiger partial charge in [0.25, 0.3) is 0 Å². The van der Waals surface area contributed by atoms with Crippen LogP contribution in [0.4, 0.5) is 0 Å². The molecular weight excluding hydrogens is 236 g/mol. The van der Waals surface area contributed by atoms with Crippen molar-refractivity contribution in [2.45, 2.75) is 46.3 Å². The first kappa shape index (κ1) is 15.6. The van der Waals surface area contributed by atoms with Gasteiger partial charge in [-0.2, -0.15) is 0 Å². The summed E-state index contributed by atoms with van der Waals surface area (Å²) in [7, 11) is 0. The maximum atomic E-state index is 10.9. The Bertz CT molecular complexity index is 395. The van der Waals surface area contributed by atoms with Gasteiger partial charge < -0.3 is 4.74 Å². The Balaban J connectivity index is 2.52. The topological polar surface area (TPSA) is 26.3 Å². The molecule has 2 heteroatoms. The fourth-order valence-electron chi connectivity index (χ4n) is 1.87. The highest BCUT2D eigenvalue weighted by Gasteiger charge is 2.15. The third-order valence-electron chi connectivity index (χ3n) is 3.31. The molecule has 0 aromatic heterocycles. The number of rotatable bonds is 8. The lowest BCUT2D eigenvalue weighted by Gasteiger charge is -2.22. The molecule has 0 unspecified atom stereocenters. The van der Waals surface area contributed by atoms with Crippen LogP contribution in [0.25, 0.3) is 0 Å². The van der Waals surface area contributed by atoms with E-state index >= 15 is 0 Å². The number of ketones is 1. The molecule has 1 rings (SSSR count). The van der Waals surface area contributed by atoms with E-state index in [4.69, 9.17) is 4.74 Å². The summed E-state index contributed by atoms with van der Waals surface area (Å²) in [6, 6.07) is 10.2. The molecule has 0 aliphatic carbocycles. The minimum Gasteiger partial charge on any atom is -0.373 e. The van der Waals surface area contributed by atoms with E-state index < -0.39 is 0 Å². The Morgan fingerprint density at radius 3 is 2.58 bits per heavy atom. The first-order valence-corrected chi connectivity index (χ1v) is 6.96. The van der Waals surface area contributed by atoms with E-state index in [1.54, 1.807) is 13.0 Å². The largest absolute Gasteiger partial charge is 0.373 e. The van der Waals surface area contributed by atoms with Gasteiger partial charge in [-0.1, -0.05) is 56.7 Å². The average Bonchev–Trinajstić information content (AvgIpc) is 2.42. The molecule has 19 heavy (non-hydrogen) atoms. The lowest BCUT2D eigenvalue weighted by Crippen LogP contribution is -2.20. The second kappa shape index (κ2) is 8.65. The standard InChI is InChI=1S/C17H24O2/c1-4-14(2)17(12-8-9-15(3)18)19-13-16-10-6-5-7-11-16/h5-11,14,17H,4,12-13H2,1-3H3/b9-8+/t14-,17-/m0/s1. The number of benzene rings is 1. The molecule has 2 nitrogen and oxygen atoms in total. The maximum Gasteiger partial charge on any atom is 0.152 e. The molecule has 0 aliphatic rings. The van der Waals surface area contributed by atoms with Crippen molar-refractivity contribution in [3.05, 3.63) is 48.0 Å². The molecule has 0 saturated heterocycles. The lowest BCUT2D eigenvalue weighted by molar-refractivity contribution is -0.112. The minimum absolute atomic E-state index is 0.0889. The summed E-state index contributed by atoms with van der Waals surface area (Å²) in [5.74, 6) is 0.575. The Labute approximate surface area is 116 Å².